The number of amides is 1. The summed E-state index contributed by atoms with van der Waals surface area (Å²) >= 11 is 0. The van der Waals surface area contributed by atoms with Crippen LogP contribution in [0.15, 0.2) is 30.3 Å². The molecule has 0 atom stereocenters. The van der Waals surface area contributed by atoms with Crippen LogP contribution in [-0.4, -0.2) is 27.3 Å². The van der Waals surface area contributed by atoms with Gasteiger partial charge in [0.2, 0.25) is 0 Å². The van der Waals surface area contributed by atoms with Gasteiger partial charge >= 0.3 is 6.61 Å². The van der Waals surface area contributed by atoms with E-state index in [2.05, 4.69) is 20.1 Å². The molecule has 1 aromatic carbocycles. The molecule has 2 heterocycles. The lowest BCUT2D eigenvalue weighted by Gasteiger charge is -2.09. The molecule has 1 N–H and O–H groups in total. The average Bonchev–Trinajstić information content (AvgIpc) is 2.82. The normalized spacial score (nSPS) is 11.1. The Balaban J connectivity index is 1.90. The molecule has 0 bridgehead atoms. The topological polar surface area (TPSA) is 69.0 Å². The van der Waals surface area contributed by atoms with Gasteiger partial charge in [0.1, 0.15) is 5.75 Å². The number of hydrogen-bond donors (Lipinski definition) is 1. The van der Waals surface area contributed by atoms with E-state index in [0.717, 1.165) is 0 Å². The zero-order valence-corrected chi connectivity index (χ0v) is 13.9. The number of pyridine rings is 1. The van der Waals surface area contributed by atoms with Gasteiger partial charge in [-0.1, -0.05) is 0 Å². The highest BCUT2D eigenvalue weighted by molar-refractivity contribution is 6.12. The Morgan fingerprint density at radius 1 is 1.24 bits per heavy atom. The first-order valence-electron chi connectivity index (χ1n) is 7.52. The number of alkyl halides is 2. The number of nitrogens with zero attached hydrogens (tertiary/aromatic N) is 3. The van der Waals surface area contributed by atoms with Crippen LogP contribution in [0.4, 0.5) is 14.5 Å². The summed E-state index contributed by atoms with van der Waals surface area (Å²) < 4.78 is 30.3. The number of hydrogen-bond acceptors (Lipinski definition) is 4. The summed E-state index contributed by atoms with van der Waals surface area (Å²) in [5.41, 5.74) is 2.96. The van der Waals surface area contributed by atoms with Crippen LogP contribution in [0, 0.1) is 13.8 Å². The van der Waals surface area contributed by atoms with E-state index in [9.17, 15) is 13.6 Å². The molecule has 0 unspecified atom stereocenters. The van der Waals surface area contributed by atoms with Gasteiger partial charge in [0.25, 0.3) is 5.91 Å². The molecule has 0 aliphatic carbocycles. The van der Waals surface area contributed by atoms with Gasteiger partial charge in [0, 0.05) is 18.4 Å². The number of nitrogens with one attached hydrogen (secondary N) is 1. The number of aryl methyl sites for hydroxylation is 3. The van der Waals surface area contributed by atoms with Crippen molar-refractivity contribution in [2.24, 2.45) is 7.05 Å². The number of carbonyl (C=O) groups is 1. The quantitative estimate of drug-likeness (QED) is 0.786. The van der Waals surface area contributed by atoms with E-state index in [-0.39, 0.29) is 11.7 Å². The van der Waals surface area contributed by atoms with Crippen molar-refractivity contribution in [3.63, 3.8) is 0 Å². The van der Waals surface area contributed by atoms with Crippen LogP contribution in [0.2, 0.25) is 0 Å². The molecule has 8 heteroatoms. The largest absolute Gasteiger partial charge is 0.435 e. The van der Waals surface area contributed by atoms with Gasteiger partial charge in [-0.2, -0.15) is 13.9 Å². The molecule has 0 saturated heterocycles. The van der Waals surface area contributed by atoms with Crippen LogP contribution >= 0.6 is 0 Å². The van der Waals surface area contributed by atoms with Crippen molar-refractivity contribution in [1.29, 1.82) is 0 Å². The SMILES string of the molecule is Cc1cc(C(=O)Nc2ccc(OC(F)F)cc2)c2c(C)nn(C)c2n1. The minimum atomic E-state index is -2.89. The third-order valence-corrected chi connectivity index (χ3v) is 3.68. The van der Waals surface area contributed by atoms with Crippen LogP contribution in [0.1, 0.15) is 21.7 Å². The first-order valence-corrected chi connectivity index (χ1v) is 7.52. The number of anilines is 1. The zero-order valence-electron chi connectivity index (χ0n) is 13.9. The maximum atomic E-state index is 12.7. The second-order valence-electron chi connectivity index (χ2n) is 5.58. The molecule has 0 aliphatic rings. The number of carbonyl (C=O) groups excluding carboxylic acids is 1. The van der Waals surface area contributed by atoms with Crippen LogP contribution in [-0.2, 0) is 7.05 Å². The highest BCUT2D eigenvalue weighted by Crippen LogP contribution is 2.23. The molecule has 0 spiro atoms. The molecular weight excluding hydrogens is 330 g/mol. The van der Waals surface area contributed by atoms with Crippen molar-refractivity contribution in [2.75, 3.05) is 5.32 Å². The Bertz CT molecular complexity index is 936. The molecule has 0 aliphatic heterocycles. The Morgan fingerprint density at radius 3 is 2.56 bits per heavy atom. The fraction of sp³-hybridized carbons (Fsp3) is 0.235. The molecular formula is C17H16F2N4O2. The maximum absolute atomic E-state index is 12.7. The molecule has 3 aromatic rings. The van der Waals surface area contributed by atoms with Crippen molar-refractivity contribution >= 4 is 22.6 Å². The summed E-state index contributed by atoms with van der Waals surface area (Å²) in [5.74, 6) is -0.299. The summed E-state index contributed by atoms with van der Waals surface area (Å²) in [7, 11) is 1.77. The highest BCUT2D eigenvalue weighted by Gasteiger charge is 2.18. The molecule has 0 fully saturated rings. The van der Waals surface area contributed by atoms with Crippen LogP contribution < -0.4 is 10.1 Å². The minimum Gasteiger partial charge on any atom is -0.435 e. The molecule has 0 radical (unpaired) electrons. The van der Waals surface area contributed by atoms with Gasteiger partial charge < -0.3 is 10.1 Å². The van der Waals surface area contributed by atoms with Gasteiger partial charge in [-0.25, -0.2) is 4.98 Å². The molecule has 130 valence electrons. The molecule has 1 amide bonds. The third kappa shape index (κ3) is 3.42. The van der Waals surface area contributed by atoms with Crippen molar-refractivity contribution in [3.8, 4) is 5.75 Å². The van der Waals surface area contributed by atoms with E-state index in [0.29, 0.717) is 33.7 Å². The first kappa shape index (κ1) is 16.8. The molecule has 25 heavy (non-hydrogen) atoms. The smallest absolute Gasteiger partial charge is 0.387 e. The second kappa shape index (κ2) is 6.46. The molecule has 2 aromatic heterocycles. The summed E-state index contributed by atoms with van der Waals surface area (Å²) in [6.45, 7) is 0.726. The number of halogens is 2. The maximum Gasteiger partial charge on any atom is 0.387 e. The fourth-order valence-electron chi connectivity index (χ4n) is 2.67. The summed E-state index contributed by atoms with van der Waals surface area (Å²) in [5, 5.41) is 7.74. The zero-order chi connectivity index (χ0) is 18.1. The van der Waals surface area contributed by atoms with E-state index < -0.39 is 6.61 Å². The number of aromatic nitrogens is 3. The van der Waals surface area contributed by atoms with Crippen LogP contribution in [0.3, 0.4) is 0 Å². The lowest BCUT2D eigenvalue weighted by atomic mass is 10.1. The number of fused-ring (bicyclic) bond motifs is 1. The van der Waals surface area contributed by atoms with E-state index in [1.807, 2.05) is 6.92 Å². The fourth-order valence-corrected chi connectivity index (χ4v) is 2.67. The van der Waals surface area contributed by atoms with Gasteiger partial charge in [-0.3, -0.25) is 9.48 Å². The third-order valence-electron chi connectivity index (χ3n) is 3.68. The van der Waals surface area contributed by atoms with Crippen LogP contribution in [0.5, 0.6) is 5.75 Å². The molecule has 3 rings (SSSR count). The van der Waals surface area contributed by atoms with Crippen molar-refractivity contribution in [1.82, 2.24) is 14.8 Å². The number of ether oxygens (including phenoxy) is 1. The lowest BCUT2D eigenvalue weighted by Crippen LogP contribution is -2.13. The van der Waals surface area contributed by atoms with E-state index in [4.69, 9.17) is 0 Å². The predicted octanol–water partition coefficient (Wildman–Crippen LogP) is 3.44. The Kier molecular flexibility index (Phi) is 4.35. The lowest BCUT2D eigenvalue weighted by molar-refractivity contribution is -0.0498. The highest BCUT2D eigenvalue weighted by atomic mass is 19.3. The average molecular weight is 346 g/mol. The summed E-state index contributed by atoms with van der Waals surface area (Å²) in [6.07, 6.45) is 0. The second-order valence-corrected chi connectivity index (χ2v) is 5.58. The van der Waals surface area contributed by atoms with Crippen molar-refractivity contribution in [2.45, 2.75) is 20.5 Å². The Morgan fingerprint density at radius 2 is 1.92 bits per heavy atom. The predicted molar refractivity (Wildman–Crippen MR) is 89.0 cm³/mol. The Hall–Kier alpha value is -3.03. The van der Waals surface area contributed by atoms with Crippen molar-refractivity contribution < 1.29 is 18.3 Å². The van der Waals surface area contributed by atoms with Crippen molar-refractivity contribution in [3.05, 3.63) is 47.3 Å². The van der Waals surface area contributed by atoms with E-state index in [1.54, 1.807) is 24.7 Å². The van der Waals surface area contributed by atoms with E-state index >= 15 is 0 Å². The standard InChI is InChI=1S/C17H16F2N4O2/c1-9-8-13(14-10(2)22-23(3)15(14)20-9)16(24)21-11-4-6-12(7-5-11)25-17(18)19/h4-8,17H,1-3H3,(H,21,24). The summed E-state index contributed by atoms with van der Waals surface area (Å²) in [4.78, 5) is 17.1. The van der Waals surface area contributed by atoms with Gasteiger partial charge in [0.05, 0.1) is 16.6 Å². The van der Waals surface area contributed by atoms with Gasteiger partial charge in [0.15, 0.2) is 5.65 Å². The van der Waals surface area contributed by atoms with Crippen LogP contribution in [0.25, 0.3) is 11.0 Å². The van der Waals surface area contributed by atoms with E-state index in [1.165, 1.54) is 24.3 Å². The summed E-state index contributed by atoms with van der Waals surface area (Å²) in [6, 6.07) is 7.42. The number of benzene rings is 1. The molecule has 0 saturated carbocycles. The monoisotopic (exact) mass is 346 g/mol. The minimum absolute atomic E-state index is 0.0262. The van der Waals surface area contributed by atoms with Gasteiger partial charge in [-0.15, -0.1) is 0 Å². The Labute approximate surface area is 142 Å². The first-order chi connectivity index (χ1) is 11.8. The molecule has 6 nitrogen and oxygen atoms in total. The number of rotatable bonds is 4. The van der Waals surface area contributed by atoms with Gasteiger partial charge in [-0.05, 0) is 44.2 Å².